The Balaban J connectivity index is 2.20. The molecular weight excluding hydrogens is 315 g/mol. The Kier molecular flexibility index (Phi) is 4.57. The average molecular weight is 328 g/mol. The van der Waals surface area contributed by atoms with Gasteiger partial charge in [-0.1, -0.05) is 5.16 Å². The number of benzene rings is 1. The number of hydrogen-bond acceptors (Lipinski definition) is 6. The van der Waals surface area contributed by atoms with Gasteiger partial charge in [0.15, 0.2) is 0 Å². The smallest absolute Gasteiger partial charge is 0.341 e. The molecule has 7 nitrogen and oxygen atoms in total. The van der Waals surface area contributed by atoms with Gasteiger partial charge in [-0.05, 0) is 32.2 Å². The lowest BCUT2D eigenvalue weighted by molar-refractivity contribution is 0.0458. The van der Waals surface area contributed by atoms with E-state index in [0.717, 1.165) is 18.2 Å². The van der Waals surface area contributed by atoms with Gasteiger partial charge in [0.25, 0.3) is 0 Å². The molecule has 0 saturated carbocycles. The van der Waals surface area contributed by atoms with E-state index in [9.17, 15) is 17.6 Å². The van der Waals surface area contributed by atoms with Crippen LogP contribution in [0.1, 0.15) is 21.8 Å². The summed E-state index contributed by atoms with van der Waals surface area (Å²) in [5.41, 5.74) is -0.109. The summed E-state index contributed by atoms with van der Waals surface area (Å²) >= 11 is 0. The molecule has 1 aromatic heterocycles. The van der Waals surface area contributed by atoms with Gasteiger partial charge in [0.05, 0.1) is 10.5 Å². The number of carbonyl (C=O) groups is 1. The number of halogens is 1. The van der Waals surface area contributed by atoms with E-state index in [2.05, 4.69) is 9.88 Å². The van der Waals surface area contributed by atoms with Gasteiger partial charge in [-0.15, -0.1) is 0 Å². The molecule has 2 rings (SSSR count). The quantitative estimate of drug-likeness (QED) is 0.833. The van der Waals surface area contributed by atoms with Gasteiger partial charge in [-0.2, -0.15) is 0 Å². The van der Waals surface area contributed by atoms with Crippen LogP contribution in [0, 0.1) is 12.7 Å². The second kappa shape index (κ2) is 6.24. The largest absolute Gasteiger partial charge is 0.455 e. The topological polar surface area (TPSA) is 98.5 Å². The minimum absolute atomic E-state index is 0.210. The van der Waals surface area contributed by atoms with Crippen molar-refractivity contribution < 1.29 is 26.9 Å². The second-order valence-electron chi connectivity index (χ2n) is 4.35. The molecule has 0 aliphatic rings. The van der Waals surface area contributed by atoms with E-state index in [1.807, 2.05) is 0 Å². The molecule has 0 aliphatic heterocycles. The zero-order chi connectivity index (χ0) is 16.3. The van der Waals surface area contributed by atoms with E-state index < -0.39 is 27.4 Å². The Morgan fingerprint density at radius 1 is 1.41 bits per heavy atom. The molecule has 0 saturated heterocycles. The lowest BCUT2D eigenvalue weighted by atomic mass is 10.2. The van der Waals surface area contributed by atoms with Crippen molar-refractivity contribution in [3.05, 3.63) is 47.1 Å². The van der Waals surface area contributed by atoms with E-state index in [1.165, 1.54) is 7.05 Å². The van der Waals surface area contributed by atoms with E-state index in [0.29, 0.717) is 11.5 Å². The maximum absolute atomic E-state index is 13.7. The standard InChI is InChI=1S/C13H13FN2O5S/c1-8-5-9(16-21-8)7-20-13(17)11-6-10(3-4-12(11)14)22(18,19)15-2/h3-6,15H,7H2,1-2H3. The molecule has 0 unspecified atom stereocenters. The van der Waals surface area contributed by atoms with Gasteiger partial charge in [0.2, 0.25) is 10.0 Å². The fourth-order valence-corrected chi connectivity index (χ4v) is 2.40. The van der Waals surface area contributed by atoms with Gasteiger partial charge >= 0.3 is 5.97 Å². The van der Waals surface area contributed by atoms with Crippen LogP contribution in [0.5, 0.6) is 0 Å². The third-order valence-electron chi connectivity index (χ3n) is 2.76. The second-order valence-corrected chi connectivity index (χ2v) is 6.24. The zero-order valence-corrected chi connectivity index (χ0v) is 12.6. The lowest BCUT2D eigenvalue weighted by Crippen LogP contribution is -2.19. The summed E-state index contributed by atoms with van der Waals surface area (Å²) in [5, 5.41) is 3.62. The van der Waals surface area contributed by atoms with Crippen molar-refractivity contribution in [3.63, 3.8) is 0 Å². The number of nitrogens with one attached hydrogen (secondary N) is 1. The minimum Gasteiger partial charge on any atom is -0.455 e. The molecular formula is C13H13FN2O5S. The normalized spacial score (nSPS) is 11.4. The van der Waals surface area contributed by atoms with Crippen molar-refractivity contribution in [2.75, 3.05) is 7.05 Å². The van der Waals surface area contributed by atoms with Crippen LogP contribution in [0.3, 0.4) is 0 Å². The van der Waals surface area contributed by atoms with E-state index in [-0.39, 0.29) is 11.5 Å². The molecule has 0 aliphatic carbocycles. The maximum atomic E-state index is 13.7. The lowest BCUT2D eigenvalue weighted by Gasteiger charge is -2.07. The van der Waals surface area contributed by atoms with Crippen LogP contribution in [0.4, 0.5) is 4.39 Å². The van der Waals surface area contributed by atoms with Crippen LogP contribution in [0.25, 0.3) is 0 Å². The average Bonchev–Trinajstić information content (AvgIpc) is 2.90. The zero-order valence-electron chi connectivity index (χ0n) is 11.8. The first-order chi connectivity index (χ1) is 10.3. The van der Waals surface area contributed by atoms with Gasteiger partial charge in [-0.25, -0.2) is 22.3 Å². The predicted molar refractivity (Wildman–Crippen MR) is 73.0 cm³/mol. The molecule has 1 heterocycles. The molecule has 0 bridgehead atoms. The Morgan fingerprint density at radius 2 is 2.14 bits per heavy atom. The molecule has 22 heavy (non-hydrogen) atoms. The molecule has 2 aromatic rings. The summed E-state index contributed by atoms with van der Waals surface area (Å²) in [6.45, 7) is 1.46. The summed E-state index contributed by atoms with van der Waals surface area (Å²) in [7, 11) is -2.57. The molecule has 0 amide bonds. The molecule has 118 valence electrons. The summed E-state index contributed by atoms with van der Waals surface area (Å²) in [6.07, 6.45) is 0. The number of carbonyl (C=O) groups excluding carboxylic acids is 1. The highest BCUT2D eigenvalue weighted by Gasteiger charge is 2.19. The Morgan fingerprint density at radius 3 is 2.73 bits per heavy atom. The van der Waals surface area contributed by atoms with Crippen molar-refractivity contribution in [2.24, 2.45) is 0 Å². The number of esters is 1. The number of nitrogens with zero attached hydrogens (tertiary/aromatic N) is 1. The van der Waals surface area contributed by atoms with E-state index >= 15 is 0 Å². The number of rotatable bonds is 5. The van der Waals surface area contributed by atoms with Gasteiger partial charge in [0, 0.05) is 6.07 Å². The minimum atomic E-state index is -3.79. The predicted octanol–water partition coefficient (Wildman–Crippen LogP) is 1.39. The first-order valence-corrected chi connectivity index (χ1v) is 7.64. The first-order valence-electron chi connectivity index (χ1n) is 6.16. The Bertz CT molecular complexity index is 801. The molecule has 0 spiro atoms. The molecule has 0 radical (unpaired) electrons. The number of hydrogen-bond donors (Lipinski definition) is 1. The van der Waals surface area contributed by atoms with Crippen molar-refractivity contribution >= 4 is 16.0 Å². The van der Waals surface area contributed by atoms with Gasteiger partial charge in [0.1, 0.15) is 23.9 Å². The van der Waals surface area contributed by atoms with Crippen LogP contribution in [0.2, 0.25) is 0 Å². The molecule has 9 heteroatoms. The van der Waals surface area contributed by atoms with Crippen molar-refractivity contribution in [3.8, 4) is 0 Å². The number of aromatic nitrogens is 1. The van der Waals surface area contributed by atoms with E-state index in [1.54, 1.807) is 13.0 Å². The monoisotopic (exact) mass is 328 g/mol. The van der Waals surface area contributed by atoms with Crippen molar-refractivity contribution in [1.29, 1.82) is 0 Å². The van der Waals surface area contributed by atoms with E-state index in [4.69, 9.17) is 9.26 Å². The summed E-state index contributed by atoms with van der Waals surface area (Å²) in [6, 6.07) is 4.42. The van der Waals surface area contributed by atoms with Crippen LogP contribution in [0.15, 0.2) is 33.7 Å². The highest BCUT2D eigenvalue weighted by molar-refractivity contribution is 7.89. The van der Waals surface area contributed by atoms with Gasteiger partial charge < -0.3 is 9.26 Å². The van der Waals surface area contributed by atoms with Crippen LogP contribution < -0.4 is 4.72 Å². The maximum Gasteiger partial charge on any atom is 0.341 e. The number of sulfonamides is 1. The summed E-state index contributed by atoms with van der Waals surface area (Å²) in [4.78, 5) is 11.6. The Labute approximate surface area is 126 Å². The molecule has 0 atom stereocenters. The highest BCUT2D eigenvalue weighted by atomic mass is 32.2. The molecule has 1 aromatic carbocycles. The third-order valence-corrected chi connectivity index (χ3v) is 4.18. The highest BCUT2D eigenvalue weighted by Crippen LogP contribution is 2.16. The third kappa shape index (κ3) is 3.49. The van der Waals surface area contributed by atoms with Crippen LogP contribution >= 0.6 is 0 Å². The number of ether oxygens (including phenoxy) is 1. The fraction of sp³-hybridized carbons (Fsp3) is 0.231. The van der Waals surface area contributed by atoms with Crippen LogP contribution in [-0.4, -0.2) is 26.6 Å². The SMILES string of the molecule is CNS(=O)(=O)c1ccc(F)c(C(=O)OCc2cc(C)on2)c1. The first kappa shape index (κ1) is 16.1. The van der Waals surface area contributed by atoms with Crippen molar-refractivity contribution in [1.82, 2.24) is 9.88 Å². The van der Waals surface area contributed by atoms with Crippen LogP contribution in [-0.2, 0) is 21.4 Å². The summed E-state index contributed by atoms with van der Waals surface area (Å²) in [5.74, 6) is -1.33. The fourth-order valence-electron chi connectivity index (χ4n) is 1.65. The van der Waals surface area contributed by atoms with Crippen molar-refractivity contribution in [2.45, 2.75) is 18.4 Å². The summed E-state index contributed by atoms with van der Waals surface area (Å²) < 4.78 is 48.8. The molecule has 0 fully saturated rings. The number of aryl methyl sites for hydroxylation is 1. The van der Waals surface area contributed by atoms with Gasteiger partial charge in [-0.3, -0.25) is 0 Å². The molecule has 1 N–H and O–H groups in total. The Hall–Kier alpha value is -2.26.